The van der Waals surface area contributed by atoms with E-state index in [1.54, 1.807) is 0 Å². The van der Waals surface area contributed by atoms with Crippen LogP contribution < -0.4 is 5.09 Å². The Labute approximate surface area is 43.7 Å². The molecule has 0 aromatic carbocycles. The molecule has 40 valence electrons. The summed E-state index contributed by atoms with van der Waals surface area (Å²) in [6, 6.07) is 0. The van der Waals surface area contributed by atoms with Gasteiger partial charge in [0.1, 0.15) is 5.70 Å². The summed E-state index contributed by atoms with van der Waals surface area (Å²) in [4.78, 5) is 9.75. The number of nitrogens with one attached hydrogen (secondary N) is 1. The van der Waals surface area contributed by atoms with Gasteiger partial charge in [0.05, 0.1) is 0 Å². The van der Waals surface area contributed by atoms with Gasteiger partial charge in [0.15, 0.2) is 0 Å². The first-order valence-corrected chi connectivity index (χ1v) is 2.15. The molecule has 0 aliphatic heterocycles. The summed E-state index contributed by atoms with van der Waals surface area (Å²) < 4.78 is 0. The Morgan fingerprint density at radius 2 is 2.29 bits per heavy atom. The van der Waals surface area contributed by atoms with E-state index in [1.807, 2.05) is 9.39 Å². The lowest BCUT2D eigenvalue weighted by molar-refractivity contribution is -0.132. The quantitative estimate of drug-likeness (QED) is 0.396. The highest BCUT2D eigenvalue weighted by Gasteiger charge is 1.96. The summed E-state index contributed by atoms with van der Waals surface area (Å²) in [6.45, 7) is 3.14. The lowest BCUT2D eigenvalue weighted by atomic mass is 10.5. The fourth-order valence-electron chi connectivity index (χ4n) is 0.0617. The summed E-state index contributed by atoms with van der Waals surface area (Å²) in [5, 5.41) is 10.3. The fourth-order valence-corrected chi connectivity index (χ4v) is 0.185. The second kappa shape index (κ2) is 2.59. The van der Waals surface area contributed by atoms with Crippen LogP contribution in [0, 0.1) is 0 Å². The van der Waals surface area contributed by atoms with Crippen LogP contribution in [-0.4, -0.2) is 11.1 Å². The molecule has 2 N–H and O–H groups in total. The van der Waals surface area contributed by atoms with Crippen LogP contribution in [0.4, 0.5) is 0 Å². The van der Waals surface area contributed by atoms with Gasteiger partial charge >= 0.3 is 5.97 Å². The van der Waals surface area contributed by atoms with Crippen molar-refractivity contribution in [3.05, 3.63) is 12.3 Å². The van der Waals surface area contributed by atoms with Crippen molar-refractivity contribution >= 4 is 15.4 Å². The first kappa shape index (κ1) is 6.44. The molecule has 1 atom stereocenters. The van der Waals surface area contributed by atoms with Gasteiger partial charge in [-0.3, -0.25) is 0 Å². The maximum absolute atomic E-state index is 9.75. The molecule has 1 unspecified atom stereocenters. The number of rotatable bonds is 2. The molecular formula is C3H6NO2P. The summed E-state index contributed by atoms with van der Waals surface area (Å²) in [7, 11) is 2.03. The SMILES string of the molecule is C=C(NP)C(=O)O. The highest BCUT2D eigenvalue weighted by atomic mass is 31.0. The number of carboxylic acid groups (broad SMARTS) is 1. The number of hydrogen-bond donors (Lipinski definition) is 2. The van der Waals surface area contributed by atoms with Crippen LogP contribution in [0.15, 0.2) is 12.3 Å². The van der Waals surface area contributed by atoms with Crippen LogP contribution in [0.1, 0.15) is 0 Å². The molecule has 7 heavy (non-hydrogen) atoms. The van der Waals surface area contributed by atoms with Crippen LogP contribution in [0.2, 0.25) is 0 Å². The summed E-state index contributed by atoms with van der Waals surface area (Å²) in [6.07, 6.45) is 0. The van der Waals surface area contributed by atoms with Crippen LogP contribution in [-0.2, 0) is 4.79 Å². The normalized spacial score (nSPS) is 7.57. The van der Waals surface area contributed by atoms with E-state index in [-0.39, 0.29) is 5.70 Å². The van der Waals surface area contributed by atoms with Gasteiger partial charge in [-0.2, -0.15) is 0 Å². The molecule has 3 nitrogen and oxygen atoms in total. The summed E-state index contributed by atoms with van der Waals surface area (Å²) in [5.41, 5.74) is -0.0231. The smallest absolute Gasteiger partial charge is 0.351 e. The minimum Gasteiger partial charge on any atom is -0.477 e. The molecule has 0 aliphatic carbocycles. The molecule has 0 saturated heterocycles. The topological polar surface area (TPSA) is 49.3 Å². The molecule has 0 radical (unpaired) electrons. The van der Waals surface area contributed by atoms with E-state index in [2.05, 4.69) is 11.7 Å². The molecule has 0 rings (SSSR count). The number of carbonyl (C=O) groups is 1. The molecule has 0 fully saturated rings. The van der Waals surface area contributed by atoms with E-state index in [1.165, 1.54) is 0 Å². The van der Waals surface area contributed by atoms with Gasteiger partial charge in [-0.15, -0.1) is 0 Å². The molecular weight excluding hydrogens is 113 g/mol. The zero-order valence-electron chi connectivity index (χ0n) is 3.64. The number of aliphatic carboxylic acids is 1. The average Bonchev–Trinajstić information content (AvgIpc) is 1.65. The van der Waals surface area contributed by atoms with Crippen LogP contribution in [0.5, 0.6) is 0 Å². The molecule has 4 heteroatoms. The Balaban J connectivity index is 3.58. The maximum atomic E-state index is 9.75. The number of hydrogen-bond acceptors (Lipinski definition) is 2. The van der Waals surface area contributed by atoms with Crippen molar-refractivity contribution in [2.24, 2.45) is 0 Å². The minimum absolute atomic E-state index is 0.0231. The molecule has 0 saturated carbocycles. The zero-order chi connectivity index (χ0) is 5.86. The van der Waals surface area contributed by atoms with Gasteiger partial charge in [0.2, 0.25) is 0 Å². The predicted octanol–water partition coefficient (Wildman–Crippen LogP) is -0.0356. The predicted molar refractivity (Wildman–Crippen MR) is 29.6 cm³/mol. The molecule has 0 heterocycles. The van der Waals surface area contributed by atoms with Crippen molar-refractivity contribution in [2.45, 2.75) is 0 Å². The first-order chi connectivity index (χ1) is 3.18. The van der Waals surface area contributed by atoms with Crippen LogP contribution in [0.25, 0.3) is 0 Å². The summed E-state index contributed by atoms with van der Waals surface area (Å²) in [5.74, 6) is -1.03. The van der Waals surface area contributed by atoms with Crippen LogP contribution in [0.3, 0.4) is 0 Å². The van der Waals surface area contributed by atoms with E-state index in [0.717, 1.165) is 0 Å². The van der Waals surface area contributed by atoms with Gasteiger partial charge < -0.3 is 10.2 Å². The van der Waals surface area contributed by atoms with E-state index in [9.17, 15) is 4.79 Å². The Hall–Kier alpha value is -0.560. The van der Waals surface area contributed by atoms with Crippen molar-refractivity contribution in [2.75, 3.05) is 0 Å². The first-order valence-electron chi connectivity index (χ1n) is 1.57. The Morgan fingerprint density at radius 1 is 1.86 bits per heavy atom. The minimum atomic E-state index is -1.03. The van der Waals surface area contributed by atoms with Gasteiger partial charge in [0, 0.05) is 0 Å². The average molecular weight is 119 g/mol. The third-order valence-electron chi connectivity index (χ3n) is 0.432. The van der Waals surface area contributed by atoms with Crippen molar-refractivity contribution in [3.8, 4) is 0 Å². The molecule has 0 spiro atoms. The number of carboxylic acids is 1. The lowest BCUT2D eigenvalue weighted by Crippen LogP contribution is -2.07. The van der Waals surface area contributed by atoms with Crippen molar-refractivity contribution in [3.63, 3.8) is 0 Å². The largest absolute Gasteiger partial charge is 0.477 e. The summed E-state index contributed by atoms with van der Waals surface area (Å²) >= 11 is 0. The van der Waals surface area contributed by atoms with Crippen molar-refractivity contribution in [1.29, 1.82) is 0 Å². The highest BCUT2D eigenvalue weighted by molar-refractivity contribution is 7.14. The van der Waals surface area contributed by atoms with Crippen LogP contribution >= 0.6 is 9.39 Å². The van der Waals surface area contributed by atoms with E-state index >= 15 is 0 Å². The van der Waals surface area contributed by atoms with Gasteiger partial charge in [-0.25, -0.2) is 4.79 Å². The lowest BCUT2D eigenvalue weighted by Gasteiger charge is -1.92. The zero-order valence-corrected chi connectivity index (χ0v) is 4.79. The van der Waals surface area contributed by atoms with Gasteiger partial charge in [-0.05, 0) is 9.39 Å². The standard InChI is InChI=1S/C3H6NO2P/c1-2(4-7)3(5)6/h4H,1,7H2,(H,5,6). The molecule has 0 bridgehead atoms. The molecule has 0 amide bonds. The van der Waals surface area contributed by atoms with Gasteiger partial charge in [-0.1, -0.05) is 6.58 Å². The highest BCUT2D eigenvalue weighted by Crippen LogP contribution is 1.84. The third kappa shape index (κ3) is 2.18. The Morgan fingerprint density at radius 3 is 2.29 bits per heavy atom. The molecule has 0 aromatic rings. The second-order valence-electron chi connectivity index (χ2n) is 0.928. The monoisotopic (exact) mass is 119 g/mol. The Bertz CT molecular complexity index is 101. The Kier molecular flexibility index (Phi) is 2.38. The molecule has 0 aromatic heterocycles. The van der Waals surface area contributed by atoms with E-state index in [0.29, 0.717) is 0 Å². The maximum Gasteiger partial charge on any atom is 0.351 e. The molecule has 0 aliphatic rings. The van der Waals surface area contributed by atoms with Crippen molar-refractivity contribution < 1.29 is 9.90 Å². The third-order valence-corrected chi connectivity index (χ3v) is 0.781. The van der Waals surface area contributed by atoms with E-state index in [4.69, 9.17) is 5.11 Å². The second-order valence-corrected chi connectivity index (χ2v) is 1.22. The van der Waals surface area contributed by atoms with Gasteiger partial charge in [0.25, 0.3) is 0 Å². The fraction of sp³-hybridized carbons (Fsp3) is 0. The van der Waals surface area contributed by atoms with Crippen molar-refractivity contribution in [1.82, 2.24) is 5.09 Å². The van der Waals surface area contributed by atoms with E-state index < -0.39 is 5.97 Å².